The second kappa shape index (κ2) is 7.16. The molecule has 1 aliphatic rings. The lowest BCUT2D eigenvalue weighted by Gasteiger charge is -2.25. The molecule has 1 amide bonds. The van der Waals surface area contributed by atoms with Gasteiger partial charge in [0.05, 0.1) is 6.54 Å². The Labute approximate surface area is 167 Å². The first-order valence-corrected chi connectivity index (χ1v) is 9.68. The molecule has 0 fully saturated rings. The number of fused-ring (bicyclic) bond motifs is 2. The van der Waals surface area contributed by atoms with Crippen LogP contribution in [0.3, 0.4) is 0 Å². The van der Waals surface area contributed by atoms with Crippen LogP contribution in [0.4, 0.5) is 0 Å². The minimum atomic E-state index is -0.0356. The summed E-state index contributed by atoms with van der Waals surface area (Å²) in [6, 6.07) is 9.35. The number of amides is 1. The van der Waals surface area contributed by atoms with Crippen LogP contribution in [0.1, 0.15) is 39.2 Å². The van der Waals surface area contributed by atoms with Crippen LogP contribution in [0.5, 0.6) is 0 Å². The van der Waals surface area contributed by atoms with Crippen molar-refractivity contribution in [2.24, 2.45) is 0 Å². The molecule has 0 spiro atoms. The first-order chi connectivity index (χ1) is 14.2. The molecule has 29 heavy (non-hydrogen) atoms. The monoisotopic (exact) mass is 388 g/mol. The molecule has 146 valence electrons. The molecule has 1 aliphatic heterocycles. The van der Waals surface area contributed by atoms with Crippen molar-refractivity contribution in [2.75, 3.05) is 6.54 Å². The van der Waals surface area contributed by atoms with E-state index in [1.807, 2.05) is 24.4 Å². The van der Waals surface area contributed by atoms with Crippen LogP contribution in [-0.4, -0.2) is 32.3 Å². The summed E-state index contributed by atoms with van der Waals surface area (Å²) in [7, 11) is 0. The third-order valence-corrected chi connectivity index (χ3v) is 5.15. The van der Waals surface area contributed by atoms with E-state index in [4.69, 9.17) is 8.83 Å². The Morgan fingerprint density at radius 1 is 1.17 bits per heavy atom. The normalized spacial score (nSPS) is 13.6. The second-order valence-electron chi connectivity index (χ2n) is 7.23. The summed E-state index contributed by atoms with van der Waals surface area (Å²) in [6.45, 7) is 2.86. The number of hydrogen-bond donors (Lipinski definition) is 0. The molecule has 0 N–H and O–H groups in total. The number of nitrogens with zero attached hydrogens (tertiary/aromatic N) is 4. The lowest BCUT2D eigenvalue weighted by molar-refractivity contribution is 0.0728. The van der Waals surface area contributed by atoms with Crippen molar-refractivity contribution >= 4 is 17.0 Å². The van der Waals surface area contributed by atoms with Gasteiger partial charge in [-0.05, 0) is 36.2 Å². The maximum absolute atomic E-state index is 13.0. The maximum atomic E-state index is 13.0. The van der Waals surface area contributed by atoms with Crippen LogP contribution in [0, 0.1) is 6.92 Å². The number of pyridine rings is 1. The van der Waals surface area contributed by atoms with Crippen molar-refractivity contribution in [2.45, 2.75) is 32.7 Å². The highest BCUT2D eigenvalue weighted by Gasteiger charge is 2.26. The average Bonchev–Trinajstić information content (AvgIpc) is 3.33. The lowest BCUT2D eigenvalue weighted by Crippen LogP contribution is -2.35. The largest absolute Gasteiger partial charge is 0.445 e. The highest BCUT2D eigenvalue weighted by atomic mass is 16.4. The number of aromatic nitrogens is 3. The van der Waals surface area contributed by atoms with Gasteiger partial charge >= 0.3 is 0 Å². The Kier molecular flexibility index (Phi) is 4.35. The highest BCUT2D eigenvalue weighted by Crippen LogP contribution is 2.24. The zero-order valence-corrected chi connectivity index (χ0v) is 16.1. The minimum absolute atomic E-state index is 0.0356. The summed E-state index contributed by atoms with van der Waals surface area (Å²) in [5.41, 5.74) is 3.98. The van der Waals surface area contributed by atoms with Crippen molar-refractivity contribution in [3.8, 4) is 0 Å². The Balaban J connectivity index is 1.29. The minimum Gasteiger partial charge on any atom is -0.445 e. The van der Waals surface area contributed by atoms with Crippen LogP contribution in [-0.2, 0) is 25.8 Å². The molecule has 4 heterocycles. The van der Waals surface area contributed by atoms with Crippen LogP contribution >= 0.6 is 0 Å². The summed E-state index contributed by atoms with van der Waals surface area (Å²) < 4.78 is 11.5. The smallest absolute Gasteiger partial charge is 0.254 e. The average molecular weight is 388 g/mol. The van der Waals surface area contributed by atoms with Crippen molar-refractivity contribution < 1.29 is 13.6 Å². The zero-order chi connectivity index (χ0) is 19.8. The SMILES string of the molecule is Cc1nc2ccc(C(=O)N3CCc4oc(CCc5cccnc5)nc4C3)cc2o1. The van der Waals surface area contributed by atoms with Gasteiger partial charge in [0.1, 0.15) is 17.0 Å². The predicted octanol–water partition coefficient (Wildman–Crippen LogP) is 3.50. The lowest BCUT2D eigenvalue weighted by atomic mass is 10.1. The van der Waals surface area contributed by atoms with Gasteiger partial charge in [0.2, 0.25) is 0 Å². The van der Waals surface area contributed by atoms with Gasteiger partial charge in [-0.3, -0.25) is 9.78 Å². The van der Waals surface area contributed by atoms with E-state index in [1.165, 1.54) is 0 Å². The van der Waals surface area contributed by atoms with Crippen LogP contribution in [0.2, 0.25) is 0 Å². The number of aryl methyl sites for hydroxylation is 3. The molecule has 0 saturated carbocycles. The quantitative estimate of drug-likeness (QED) is 0.532. The van der Waals surface area contributed by atoms with E-state index in [9.17, 15) is 4.79 Å². The Morgan fingerprint density at radius 3 is 2.97 bits per heavy atom. The van der Waals surface area contributed by atoms with Crippen molar-refractivity contribution in [3.05, 3.63) is 77.1 Å². The molecular weight excluding hydrogens is 368 g/mol. The third kappa shape index (κ3) is 3.51. The number of hydrogen-bond acceptors (Lipinski definition) is 6. The van der Waals surface area contributed by atoms with Crippen LogP contribution < -0.4 is 0 Å². The van der Waals surface area contributed by atoms with Gasteiger partial charge < -0.3 is 13.7 Å². The fourth-order valence-corrected chi connectivity index (χ4v) is 3.69. The molecule has 4 aromatic rings. The van der Waals surface area contributed by atoms with E-state index in [2.05, 4.69) is 15.0 Å². The molecule has 0 radical (unpaired) electrons. The van der Waals surface area contributed by atoms with E-state index < -0.39 is 0 Å². The molecule has 0 atom stereocenters. The van der Waals surface area contributed by atoms with Crippen molar-refractivity contribution in [1.82, 2.24) is 19.9 Å². The van der Waals surface area contributed by atoms with Gasteiger partial charge in [-0.15, -0.1) is 0 Å². The van der Waals surface area contributed by atoms with E-state index >= 15 is 0 Å². The van der Waals surface area contributed by atoms with Crippen LogP contribution in [0.25, 0.3) is 11.1 Å². The fraction of sp³-hybridized carbons (Fsp3) is 0.273. The first-order valence-electron chi connectivity index (χ1n) is 9.68. The van der Waals surface area contributed by atoms with Gasteiger partial charge in [0.15, 0.2) is 17.4 Å². The summed E-state index contributed by atoms with van der Waals surface area (Å²) in [4.78, 5) is 27.8. The maximum Gasteiger partial charge on any atom is 0.254 e. The molecule has 5 rings (SSSR count). The summed E-state index contributed by atoms with van der Waals surface area (Å²) in [6.07, 6.45) is 5.83. The Bertz CT molecular complexity index is 1180. The fourth-order valence-electron chi connectivity index (χ4n) is 3.69. The summed E-state index contributed by atoms with van der Waals surface area (Å²) in [5.74, 6) is 2.16. The standard InChI is InChI=1S/C22H20N4O3/c1-14-24-17-6-5-16(11-20(17)28-14)22(27)26-10-8-19-18(13-26)25-21(29-19)7-4-15-3-2-9-23-12-15/h2-3,5-6,9,11-12H,4,7-8,10,13H2,1H3. The number of benzene rings is 1. The van der Waals surface area contributed by atoms with Gasteiger partial charge in [0, 0.05) is 44.3 Å². The molecule has 7 nitrogen and oxygen atoms in total. The van der Waals surface area contributed by atoms with E-state index in [-0.39, 0.29) is 5.91 Å². The predicted molar refractivity (Wildman–Crippen MR) is 105 cm³/mol. The van der Waals surface area contributed by atoms with Gasteiger partial charge in [-0.1, -0.05) is 6.07 Å². The second-order valence-corrected chi connectivity index (χ2v) is 7.23. The highest BCUT2D eigenvalue weighted by molar-refractivity contribution is 5.97. The number of carbonyl (C=O) groups is 1. The third-order valence-electron chi connectivity index (χ3n) is 5.15. The number of rotatable bonds is 4. The molecule has 0 aliphatic carbocycles. The zero-order valence-electron chi connectivity index (χ0n) is 16.1. The number of oxazole rings is 2. The van der Waals surface area contributed by atoms with Crippen molar-refractivity contribution in [3.63, 3.8) is 0 Å². The summed E-state index contributed by atoms with van der Waals surface area (Å²) in [5, 5.41) is 0. The van der Waals surface area contributed by atoms with E-state index in [0.717, 1.165) is 29.0 Å². The van der Waals surface area contributed by atoms with E-state index in [1.54, 1.807) is 30.2 Å². The van der Waals surface area contributed by atoms with Gasteiger partial charge in [-0.25, -0.2) is 9.97 Å². The molecule has 0 unspecified atom stereocenters. The van der Waals surface area contributed by atoms with Gasteiger partial charge in [0.25, 0.3) is 5.91 Å². The first kappa shape index (κ1) is 17.6. The number of carbonyl (C=O) groups excluding carboxylic acids is 1. The van der Waals surface area contributed by atoms with Crippen LogP contribution in [0.15, 0.2) is 51.6 Å². The molecule has 1 aromatic carbocycles. The topological polar surface area (TPSA) is 85.3 Å². The molecule has 0 saturated heterocycles. The molecular formula is C22H20N4O3. The van der Waals surface area contributed by atoms with Gasteiger partial charge in [-0.2, -0.15) is 0 Å². The van der Waals surface area contributed by atoms with E-state index in [0.29, 0.717) is 48.9 Å². The Hall–Kier alpha value is -3.48. The molecule has 0 bridgehead atoms. The molecule has 7 heteroatoms. The molecule has 3 aromatic heterocycles. The van der Waals surface area contributed by atoms with Crippen molar-refractivity contribution in [1.29, 1.82) is 0 Å². The Morgan fingerprint density at radius 2 is 2.10 bits per heavy atom. The summed E-state index contributed by atoms with van der Waals surface area (Å²) >= 11 is 0.